The first-order valence-corrected chi connectivity index (χ1v) is 6.84. The average Bonchev–Trinajstić information content (AvgIpc) is 2.39. The third-order valence-electron chi connectivity index (χ3n) is 4.30. The molecule has 1 aromatic carbocycles. The zero-order chi connectivity index (χ0) is 12.3. The third kappa shape index (κ3) is 3.02. The van der Waals surface area contributed by atoms with E-state index in [1.807, 2.05) is 0 Å². The summed E-state index contributed by atoms with van der Waals surface area (Å²) in [6.07, 6.45) is 5.51. The van der Waals surface area contributed by atoms with E-state index >= 15 is 0 Å². The minimum absolute atomic E-state index is 0.774. The molecule has 0 amide bonds. The van der Waals surface area contributed by atoms with Gasteiger partial charge in [-0.2, -0.15) is 0 Å². The molecule has 0 bridgehead atoms. The summed E-state index contributed by atoms with van der Waals surface area (Å²) in [4.78, 5) is 0. The van der Waals surface area contributed by atoms with E-state index in [-0.39, 0.29) is 0 Å². The van der Waals surface area contributed by atoms with Crippen LogP contribution in [0.25, 0.3) is 0 Å². The summed E-state index contributed by atoms with van der Waals surface area (Å²) in [5, 5.41) is 0. The van der Waals surface area contributed by atoms with Gasteiger partial charge in [0.05, 0.1) is 7.11 Å². The zero-order valence-corrected chi connectivity index (χ0v) is 11.3. The van der Waals surface area contributed by atoms with Crippen LogP contribution in [-0.4, -0.2) is 7.11 Å². The Balaban J connectivity index is 1.95. The highest BCUT2D eigenvalue weighted by atomic mass is 16.5. The van der Waals surface area contributed by atoms with Crippen LogP contribution in [0.4, 0.5) is 0 Å². The van der Waals surface area contributed by atoms with Crippen molar-refractivity contribution in [3.63, 3.8) is 0 Å². The van der Waals surface area contributed by atoms with Crippen molar-refractivity contribution in [1.29, 1.82) is 0 Å². The van der Waals surface area contributed by atoms with Gasteiger partial charge in [0.25, 0.3) is 0 Å². The van der Waals surface area contributed by atoms with E-state index in [1.54, 1.807) is 7.11 Å². The van der Waals surface area contributed by atoms with Gasteiger partial charge in [-0.25, -0.2) is 0 Å². The summed E-state index contributed by atoms with van der Waals surface area (Å²) in [6.45, 7) is 4.72. The fraction of sp³-hybridized carbons (Fsp3) is 0.625. The first kappa shape index (κ1) is 12.5. The van der Waals surface area contributed by atoms with Crippen LogP contribution < -0.4 is 4.74 Å². The van der Waals surface area contributed by atoms with Gasteiger partial charge in [0.1, 0.15) is 5.75 Å². The number of benzene rings is 1. The van der Waals surface area contributed by atoms with E-state index in [2.05, 4.69) is 38.1 Å². The Morgan fingerprint density at radius 1 is 1.00 bits per heavy atom. The lowest BCUT2D eigenvalue weighted by atomic mass is 9.75. The van der Waals surface area contributed by atoms with Gasteiger partial charge < -0.3 is 4.74 Å². The lowest BCUT2D eigenvalue weighted by Crippen LogP contribution is -2.17. The average molecular weight is 232 g/mol. The molecule has 0 heterocycles. The summed E-state index contributed by atoms with van der Waals surface area (Å²) in [5.74, 6) is 3.54. The molecular weight excluding hydrogens is 208 g/mol. The molecule has 1 nitrogen and oxygen atoms in total. The highest BCUT2D eigenvalue weighted by Crippen LogP contribution is 2.38. The van der Waals surface area contributed by atoms with Crippen LogP contribution in [0.15, 0.2) is 24.3 Å². The second-order valence-electron chi connectivity index (χ2n) is 5.63. The van der Waals surface area contributed by atoms with Gasteiger partial charge >= 0.3 is 0 Å². The summed E-state index contributed by atoms with van der Waals surface area (Å²) >= 11 is 0. The van der Waals surface area contributed by atoms with Gasteiger partial charge in [-0.05, 0) is 61.1 Å². The lowest BCUT2D eigenvalue weighted by Gasteiger charge is -2.31. The van der Waals surface area contributed by atoms with E-state index in [9.17, 15) is 0 Å². The fourth-order valence-electron chi connectivity index (χ4n) is 3.00. The second-order valence-corrected chi connectivity index (χ2v) is 5.63. The Kier molecular flexibility index (Phi) is 4.09. The zero-order valence-electron chi connectivity index (χ0n) is 11.3. The normalized spacial score (nSPS) is 24.9. The molecule has 17 heavy (non-hydrogen) atoms. The number of ether oxygens (including phenoxy) is 1. The van der Waals surface area contributed by atoms with E-state index in [0.29, 0.717) is 0 Å². The molecule has 1 aliphatic rings. The first-order valence-electron chi connectivity index (χ1n) is 6.84. The van der Waals surface area contributed by atoms with Crippen LogP contribution in [0.3, 0.4) is 0 Å². The summed E-state index contributed by atoms with van der Waals surface area (Å²) in [7, 11) is 1.73. The van der Waals surface area contributed by atoms with E-state index in [0.717, 1.165) is 23.5 Å². The van der Waals surface area contributed by atoms with Crippen molar-refractivity contribution < 1.29 is 4.74 Å². The molecule has 0 spiro atoms. The Hall–Kier alpha value is -0.980. The van der Waals surface area contributed by atoms with Crippen LogP contribution in [0.5, 0.6) is 5.75 Å². The maximum Gasteiger partial charge on any atom is 0.118 e. The highest BCUT2D eigenvalue weighted by molar-refractivity contribution is 5.29. The SMILES string of the molecule is COc1ccc(C2CCC(C(C)C)CC2)cc1. The van der Waals surface area contributed by atoms with E-state index in [4.69, 9.17) is 4.74 Å². The van der Waals surface area contributed by atoms with Crippen molar-refractivity contribution in [1.82, 2.24) is 0 Å². The molecule has 0 aromatic heterocycles. The fourth-order valence-corrected chi connectivity index (χ4v) is 3.00. The molecule has 0 N–H and O–H groups in total. The monoisotopic (exact) mass is 232 g/mol. The number of hydrogen-bond acceptors (Lipinski definition) is 1. The maximum atomic E-state index is 5.21. The van der Waals surface area contributed by atoms with Crippen LogP contribution in [0.1, 0.15) is 51.0 Å². The summed E-state index contributed by atoms with van der Waals surface area (Å²) in [5.41, 5.74) is 1.49. The van der Waals surface area contributed by atoms with E-state index in [1.165, 1.54) is 31.2 Å². The van der Waals surface area contributed by atoms with Crippen LogP contribution in [0, 0.1) is 11.8 Å². The van der Waals surface area contributed by atoms with Crippen LogP contribution >= 0.6 is 0 Å². The molecule has 1 aliphatic carbocycles. The molecule has 0 atom stereocenters. The molecule has 0 aliphatic heterocycles. The van der Waals surface area contributed by atoms with Crippen LogP contribution in [0.2, 0.25) is 0 Å². The third-order valence-corrected chi connectivity index (χ3v) is 4.30. The number of rotatable bonds is 3. The number of hydrogen-bond donors (Lipinski definition) is 0. The van der Waals surface area contributed by atoms with Gasteiger partial charge in [-0.3, -0.25) is 0 Å². The Labute approximate surface area is 105 Å². The standard InChI is InChI=1S/C16H24O/c1-12(2)13-4-6-14(7-5-13)15-8-10-16(17-3)11-9-15/h8-14H,4-7H2,1-3H3. The summed E-state index contributed by atoms with van der Waals surface area (Å²) in [6, 6.07) is 8.64. The van der Waals surface area contributed by atoms with Crippen molar-refractivity contribution >= 4 is 0 Å². The number of methoxy groups -OCH3 is 1. The smallest absolute Gasteiger partial charge is 0.118 e. The maximum absolute atomic E-state index is 5.21. The Morgan fingerprint density at radius 3 is 2.06 bits per heavy atom. The topological polar surface area (TPSA) is 9.23 Å². The van der Waals surface area contributed by atoms with Gasteiger partial charge in [0.15, 0.2) is 0 Å². The van der Waals surface area contributed by atoms with E-state index < -0.39 is 0 Å². The van der Waals surface area contributed by atoms with Crippen LogP contribution in [-0.2, 0) is 0 Å². The predicted octanol–water partition coefficient (Wildman–Crippen LogP) is 4.63. The van der Waals surface area contributed by atoms with Gasteiger partial charge in [0.2, 0.25) is 0 Å². The molecule has 0 unspecified atom stereocenters. The molecular formula is C16H24O. The van der Waals surface area contributed by atoms with Crippen molar-refractivity contribution in [3.05, 3.63) is 29.8 Å². The molecule has 0 radical (unpaired) electrons. The largest absolute Gasteiger partial charge is 0.497 e. The molecule has 1 saturated carbocycles. The van der Waals surface area contributed by atoms with Crippen molar-refractivity contribution in [2.24, 2.45) is 11.8 Å². The van der Waals surface area contributed by atoms with Gasteiger partial charge in [0, 0.05) is 0 Å². The molecule has 1 heteroatoms. The Morgan fingerprint density at radius 2 is 1.59 bits per heavy atom. The predicted molar refractivity (Wildman–Crippen MR) is 72.5 cm³/mol. The summed E-state index contributed by atoms with van der Waals surface area (Å²) < 4.78 is 5.21. The quantitative estimate of drug-likeness (QED) is 0.738. The molecule has 0 saturated heterocycles. The first-order chi connectivity index (χ1) is 8.20. The van der Waals surface area contributed by atoms with Crippen molar-refractivity contribution in [2.75, 3.05) is 7.11 Å². The second kappa shape index (κ2) is 5.57. The minimum atomic E-state index is 0.774. The molecule has 94 valence electrons. The highest BCUT2D eigenvalue weighted by Gasteiger charge is 2.23. The Bertz CT molecular complexity index is 331. The van der Waals surface area contributed by atoms with Crippen molar-refractivity contribution in [3.8, 4) is 5.75 Å². The molecule has 1 fully saturated rings. The van der Waals surface area contributed by atoms with Gasteiger partial charge in [-0.1, -0.05) is 26.0 Å². The van der Waals surface area contributed by atoms with Crippen molar-refractivity contribution in [2.45, 2.75) is 45.4 Å². The van der Waals surface area contributed by atoms with Gasteiger partial charge in [-0.15, -0.1) is 0 Å². The lowest BCUT2D eigenvalue weighted by molar-refractivity contribution is 0.259. The molecule has 2 rings (SSSR count). The minimum Gasteiger partial charge on any atom is -0.497 e. The molecule has 1 aromatic rings.